The van der Waals surface area contributed by atoms with Crippen LogP contribution in [-0.2, 0) is 9.53 Å². The number of benzene rings is 1. The SMILES string of the molecule is CNC(=O)[C@]1(CCOC)CC[C@@H](Nc2ncc3c(Br)nn(-c4ccc(-c5nnc(C)s5)cc4)c3n2)C1. The highest BCUT2D eigenvalue weighted by Crippen LogP contribution is 2.42. The van der Waals surface area contributed by atoms with Crippen molar-refractivity contribution in [3.8, 4) is 16.3 Å². The van der Waals surface area contributed by atoms with Gasteiger partial charge in [-0.3, -0.25) is 4.79 Å². The maximum absolute atomic E-state index is 12.7. The predicted octanol–water partition coefficient (Wildman–Crippen LogP) is 4.14. The molecule has 36 heavy (non-hydrogen) atoms. The maximum Gasteiger partial charge on any atom is 0.226 e. The van der Waals surface area contributed by atoms with E-state index in [9.17, 15) is 4.79 Å². The van der Waals surface area contributed by atoms with Crippen molar-refractivity contribution in [2.24, 2.45) is 5.41 Å². The van der Waals surface area contributed by atoms with E-state index in [1.54, 1.807) is 36.4 Å². The van der Waals surface area contributed by atoms with Crippen LogP contribution in [0.2, 0.25) is 0 Å². The third kappa shape index (κ3) is 4.72. The van der Waals surface area contributed by atoms with Crippen molar-refractivity contribution in [2.75, 3.05) is 26.1 Å². The number of ether oxygens (including phenoxy) is 1. The van der Waals surface area contributed by atoms with Gasteiger partial charge in [-0.15, -0.1) is 10.2 Å². The minimum atomic E-state index is -0.440. The number of amides is 1. The van der Waals surface area contributed by atoms with Crippen LogP contribution in [0.5, 0.6) is 0 Å². The summed E-state index contributed by atoms with van der Waals surface area (Å²) in [5.41, 5.74) is 2.13. The van der Waals surface area contributed by atoms with Crippen LogP contribution >= 0.6 is 27.3 Å². The Balaban J connectivity index is 1.39. The van der Waals surface area contributed by atoms with E-state index in [0.717, 1.165) is 39.5 Å². The van der Waals surface area contributed by atoms with Gasteiger partial charge in [-0.1, -0.05) is 11.3 Å². The van der Waals surface area contributed by atoms with E-state index in [2.05, 4.69) is 46.8 Å². The molecule has 1 saturated carbocycles. The molecule has 1 amide bonds. The highest BCUT2D eigenvalue weighted by molar-refractivity contribution is 9.10. The van der Waals surface area contributed by atoms with Crippen LogP contribution in [0, 0.1) is 12.3 Å². The number of carbonyl (C=O) groups excluding carboxylic acids is 1. The van der Waals surface area contributed by atoms with Crippen LogP contribution in [0.3, 0.4) is 0 Å². The minimum Gasteiger partial charge on any atom is -0.385 e. The summed E-state index contributed by atoms with van der Waals surface area (Å²) in [5, 5.41) is 21.9. The zero-order valence-corrected chi connectivity index (χ0v) is 22.7. The zero-order chi connectivity index (χ0) is 25.3. The van der Waals surface area contributed by atoms with E-state index in [0.29, 0.717) is 35.6 Å². The van der Waals surface area contributed by atoms with Crippen molar-refractivity contribution >= 4 is 50.2 Å². The van der Waals surface area contributed by atoms with Gasteiger partial charge in [-0.25, -0.2) is 9.67 Å². The average molecular weight is 572 g/mol. The van der Waals surface area contributed by atoms with Crippen LogP contribution in [0.1, 0.15) is 30.7 Å². The highest BCUT2D eigenvalue weighted by Gasteiger charge is 2.44. The first-order valence-corrected chi connectivity index (χ1v) is 13.3. The maximum atomic E-state index is 12.7. The summed E-state index contributed by atoms with van der Waals surface area (Å²) >= 11 is 5.10. The molecule has 1 aliphatic rings. The zero-order valence-electron chi connectivity index (χ0n) is 20.3. The Labute approximate surface area is 221 Å². The first-order chi connectivity index (χ1) is 17.4. The summed E-state index contributed by atoms with van der Waals surface area (Å²) in [7, 11) is 3.35. The number of halogens is 1. The smallest absolute Gasteiger partial charge is 0.226 e. The Morgan fingerprint density at radius 1 is 1.31 bits per heavy atom. The van der Waals surface area contributed by atoms with E-state index in [1.807, 2.05) is 31.2 Å². The monoisotopic (exact) mass is 570 g/mol. The van der Waals surface area contributed by atoms with Crippen molar-refractivity contribution < 1.29 is 9.53 Å². The van der Waals surface area contributed by atoms with Gasteiger partial charge in [0, 0.05) is 38.6 Å². The van der Waals surface area contributed by atoms with Crippen molar-refractivity contribution in [2.45, 2.75) is 38.6 Å². The molecule has 188 valence electrons. The molecule has 0 saturated heterocycles. The van der Waals surface area contributed by atoms with Gasteiger partial charge < -0.3 is 15.4 Å². The molecule has 0 unspecified atom stereocenters. The summed E-state index contributed by atoms with van der Waals surface area (Å²) in [6.45, 7) is 2.49. The van der Waals surface area contributed by atoms with Gasteiger partial charge in [-0.05, 0) is 72.8 Å². The molecule has 12 heteroatoms. The number of anilines is 1. The van der Waals surface area contributed by atoms with E-state index in [1.165, 1.54) is 0 Å². The van der Waals surface area contributed by atoms with Crippen LogP contribution < -0.4 is 10.6 Å². The second-order valence-corrected chi connectivity index (χ2v) is 10.9. The fourth-order valence-electron chi connectivity index (χ4n) is 4.82. The minimum absolute atomic E-state index is 0.0642. The predicted molar refractivity (Wildman–Crippen MR) is 142 cm³/mol. The van der Waals surface area contributed by atoms with Crippen LogP contribution in [0.25, 0.3) is 27.3 Å². The van der Waals surface area contributed by atoms with Crippen molar-refractivity contribution in [3.63, 3.8) is 0 Å². The fraction of sp³-hybridized carbons (Fsp3) is 0.417. The molecule has 3 heterocycles. The summed E-state index contributed by atoms with van der Waals surface area (Å²) in [6.07, 6.45) is 4.80. The summed E-state index contributed by atoms with van der Waals surface area (Å²) in [6, 6.07) is 8.09. The number of methoxy groups -OCH3 is 1. The Morgan fingerprint density at radius 3 is 2.81 bits per heavy atom. The average Bonchev–Trinajstić information content (AvgIpc) is 3.60. The third-order valence-corrected chi connectivity index (χ3v) is 8.17. The molecule has 4 aromatic rings. The largest absolute Gasteiger partial charge is 0.385 e. The number of nitrogens with zero attached hydrogens (tertiary/aromatic N) is 6. The second-order valence-electron chi connectivity index (χ2n) is 8.99. The van der Waals surface area contributed by atoms with Gasteiger partial charge in [0.15, 0.2) is 5.65 Å². The highest BCUT2D eigenvalue weighted by atomic mass is 79.9. The standard InChI is InChI=1S/C24H27BrN8O2S/c1-14-30-31-21(36-14)15-4-6-17(7-5-15)33-20-18(19(25)32-33)13-27-23(29-20)28-16-8-9-24(12-16,10-11-35-3)22(34)26-2/h4-7,13,16H,8-12H2,1-3H3,(H,26,34)(H,27,28,29)/t16-,24+/m1/s1. The molecule has 1 aromatic carbocycles. The third-order valence-electron chi connectivity index (χ3n) is 6.70. The molecule has 2 atom stereocenters. The lowest BCUT2D eigenvalue weighted by molar-refractivity contribution is -0.131. The second kappa shape index (κ2) is 10.2. The van der Waals surface area contributed by atoms with Gasteiger partial charge in [0.25, 0.3) is 0 Å². The van der Waals surface area contributed by atoms with Gasteiger partial charge >= 0.3 is 0 Å². The number of carbonyl (C=O) groups is 1. The number of nitrogens with one attached hydrogen (secondary N) is 2. The number of aryl methyl sites for hydroxylation is 1. The summed E-state index contributed by atoms with van der Waals surface area (Å²) in [4.78, 5) is 22.0. The number of aromatic nitrogens is 6. The van der Waals surface area contributed by atoms with Crippen LogP contribution in [0.15, 0.2) is 35.1 Å². The number of fused-ring (bicyclic) bond motifs is 1. The van der Waals surface area contributed by atoms with Crippen molar-refractivity contribution in [3.05, 3.63) is 40.1 Å². The topological polar surface area (TPSA) is 120 Å². The molecule has 5 rings (SSSR count). The molecular formula is C24H27BrN8O2S. The molecule has 1 fully saturated rings. The normalized spacial score (nSPS) is 19.6. The van der Waals surface area contributed by atoms with Crippen LogP contribution in [-0.4, -0.2) is 62.7 Å². The van der Waals surface area contributed by atoms with Crippen molar-refractivity contribution in [1.29, 1.82) is 0 Å². The molecular weight excluding hydrogens is 544 g/mol. The summed E-state index contributed by atoms with van der Waals surface area (Å²) < 4.78 is 7.74. The Kier molecular flexibility index (Phi) is 7.00. The van der Waals surface area contributed by atoms with E-state index < -0.39 is 5.41 Å². The lowest BCUT2D eigenvalue weighted by atomic mass is 9.81. The number of rotatable bonds is 8. The Bertz CT molecular complexity index is 1390. The number of hydrogen-bond acceptors (Lipinski definition) is 9. The number of hydrogen-bond donors (Lipinski definition) is 2. The van der Waals surface area contributed by atoms with Gasteiger partial charge in [-0.2, -0.15) is 10.1 Å². The molecule has 3 aromatic heterocycles. The molecule has 0 aliphatic heterocycles. The molecule has 0 bridgehead atoms. The molecule has 10 nitrogen and oxygen atoms in total. The van der Waals surface area contributed by atoms with E-state index in [4.69, 9.17) is 9.72 Å². The first-order valence-electron chi connectivity index (χ1n) is 11.7. The van der Waals surface area contributed by atoms with E-state index in [-0.39, 0.29) is 11.9 Å². The van der Waals surface area contributed by atoms with Gasteiger partial charge in [0.2, 0.25) is 11.9 Å². The van der Waals surface area contributed by atoms with E-state index >= 15 is 0 Å². The Morgan fingerprint density at radius 2 is 2.11 bits per heavy atom. The lowest BCUT2D eigenvalue weighted by Gasteiger charge is -2.27. The van der Waals surface area contributed by atoms with Crippen LogP contribution in [0.4, 0.5) is 5.95 Å². The first kappa shape index (κ1) is 24.7. The molecule has 0 radical (unpaired) electrons. The summed E-state index contributed by atoms with van der Waals surface area (Å²) in [5.74, 6) is 0.580. The Hall–Kier alpha value is -2.96. The fourth-order valence-corrected chi connectivity index (χ4v) is 5.95. The van der Waals surface area contributed by atoms with Crippen molar-refractivity contribution in [1.82, 2.24) is 35.3 Å². The molecule has 0 spiro atoms. The van der Waals surface area contributed by atoms with Gasteiger partial charge in [0.1, 0.15) is 14.6 Å². The lowest BCUT2D eigenvalue weighted by Crippen LogP contribution is -2.39. The van der Waals surface area contributed by atoms with Gasteiger partial charge in [0.05, 0.1) is 16.5 Å². The quantitative estimate of drug-likeness (QED) is 0.324. The molecule has 2 N–H and O–H groups in total. The molecule has 1 aliphatic carbocycles.